The molecule has 6 heteroatoms. The van der Waals surface area contributed by atoms with Gasteiger partial charge in [0.25, 0.3) is 5.56 Å². The number of hydrogen-bond acceptors (Lipinski definition) is 3. The minimum Gasteiger partial charge on any atom is -0.299 e. The summed E-state index contributed by atoms with van der Waals surface area (Å²) in [5.74, 6) is 0.689. The molecular formula is C8H8N4OS. The first-order valence-electron chi connectivity index (χ1n) is 3.99. The highest BCUT2D eigenvalue weighted by atomic mass is 32.1. The van der Waals surface area contributed by atoms with Crippen molar-refractivity contribution in [1.82, 2.24) is 19.3 Å². The molecule has 72 valence electrons. The molecule has 0 aliphatic heterocycles. The summed E-state index contributed by atoms with van der Waals surface area (Å²) in [5.41, 5.74) is -0.206. The van der Waals surface area contributed by atoms with Gasteiger partial charge in [0, 0.05) is 31.6 Å². The Labute approximate surface area is 84.6 Å². The van der Waals surface area contributed by atoms with Gasteiger partial charge in [-0.25, -0.2) is 0 Å². The summed E-state index contributed by atoms with van der Waals surface area (Å²) >= 11 is 4.99. The molecule has 2 heterocycles. The third-order valence-corrected chi connectivity index (χ3v) is 2.07. The predicted molar refractivity (Wildman–Crippen MR) is 54.0 cm³/mol. The first-order valence-corrected chi connectivity index (χ1v) is 4.39. The number of aromatic amines is 1. The molecule has 0 aromatic carbocycles. The zero-order valence-electron chi connectivity index (χ0n) is 7.47. The van der Waals surface area contributed by atoms with Crippen LogP contribution in [0.3, 0.4) is 0 Å². The van der Waals surface area contributed by atoms with Crippen LogP contribution in [0.4, 0.5) is 0 Å². The Morgan fingerprint density at radius 1 is 1.43 bits per heavy atom. The number of aryl methyl sites for hydroxylation is 1. The average Bonchev–Trinajstić information content (AvgIpc) is 2.51. The van der Waals surface area contributed by atoms with Crippen LogP contribution in [0.1, 0.15) is 0 Å². The quantitative estimate of drug-likeness (QED) is 0.699. The van der Waals surface area contributed by atoms with E-state index in [1.54, 1.807) is 15.4 Å². The van der Waals surface area contributed by atoms with Gasteiger partial charge in [-0.3, -0.25) is 19.0 Å². The van der Waals surface area contributed by atoms with Crippen LogP contribution < -0.4 is 5.56 Å². The molecule has 0 fully saturated rings. The van der Waals surface area contributed by atoms with Gasteiger partial charge in [-0.15, -0.1) is 0 Å². The van der Waals surface area contributed by atoms with E-state index in [-0.39, 0.29) is 5.56 Å². The lowest BCUT2D eigenvalue weighted by atomic mass is 10.6. The van der Waals surface area contributed by atoms with Crippen molar-refractivity contribution >= 4 is 12.2 Å². The zero-order chi connectivity index (χ0) is 10.1. The summed E-state index contributed by atoms with van der Waals surface area (Å²) in [5, 5.41) is 4.16. The molecule has 0 saturated heterocycles. The summed E-state index contributed by atoms with van der Waals surface area (Å²) in [4.78, 5) is 13.4. The van der Waals surface area contributed by atoms with Gasteiger partial charge in [0.05, 0.1) is 0 Å². The Morgan fingerprint density at radius 3 is 2.79 bits per heavy atom. The second kappa shape index (κ2) is 3.22. The summed E-state index contributed by atoms with van der Waals surface area (Å²) < 4.78 is 3.65. The minimum absolute atomic E-state index is 0.206. The fraction of sp³-hybridized carbons (Fsp3) is 0.125. The topological polar surface area (TPSA) is 55.6 Å². The zero-order valence-corrected chi connectivity index (χ0v) is 8.28. The van der Waals surface area contributed by atoms with Crippen LogP contribution in [0.2, 0.25) is 0 Å². The van der Waals surface area contributed by atoms with Gasteiger partial charge in [0.1, 0.15) is 0 Å². The van der Waals surface area contributed by atoms with E-state index in [0.29, 0.717) is 10.6 Å². The van der Waals surface area contributed by atoms with Crippen molar-refractivity contribution in [2.75, 3.05) is 0 Å². The maximum atomic E-state index is 10.9. The molecule has 5 nitrogen and oxygen atoms in total. The van der Waals surface area contributed by atoms with Crippen molar-refractivity contribution in [3.63, 3.8) is 0 Å². The molecule has 0 radical (unpaired) electrons. The van der Waals surface area contributed by atoms with Gasteiger partial charge in [-0.2, -0.15) is 5.10 Å². The standard InChI is InChI=1S/C8H8N4OS/c1-11-4-2-6(10-11)12-5-3-7(13)9-8(12)14/h2-5H,1H3,(H,9,13,14). The Kier molecular flexibility index (Phi) is 2.05. The maximum absolute atomic E-state index is 10.9. The summed E-state index contributed by atoms with van der Waals surface area (Å²) in [6, 6.07) is 3.22. The number of nitrogens with one attached hydrogen (secondary N) is 1. The molecule has 2 aromatic heterocycles. The number of hydrogen-bond donors (Lipinski definition) is 1. The van der Waals surface area contributed by atoms with E-state index in [1.165, 1.54) is 6.07 Å². The Bertz CT molecular complexity index is 565. The third-order valence-electron chi connectivity index (χ3n) is 1.77. The molecule has 0 aliphatic rings. The monoisotopic (exact) mass is 208 g/mol. The van der Waals surface area contributed by atoms with Crippen molar-refractivity contribution in [1.29, 1.82) is 0 Å². The Hall–Kier alpha value is -1.69. The molecule has 0 atom stereocenters. The number of H-pyrrole nitrogens is 1. The Balaban J connectivity index is 2.63. The van der Waals surface area contributed by atoms with Gasteiger partial charge in [0.2, 0.25) is 0 Å². The first-order chi connectivity index (χ1) is 6.66. The molecule has 0 spiro atoms. The normalized spacial score (nSPS) is 10.4. The summed E-state index contributed by atoms with van der Waals surface area (Å²) in [6.07, 6.45) is 3.41. The molecule has 2 rings (SSSR count). The van der Waals surface area contributed by atoms with E-state index in [9.17, 15) is 4.79 Å². The van der Waals surface area contributed by atoms with Gasteiger partial charge in [-0.1, -0.05) is 0 Å². The second-order valence-electron chi connectivity index (χ2n) is 2.83. The summed E-state index contributed by atoms with van der Waals surface area (Å²) in [6.45, 7) is 0. The predicted octanol–water partition coefficient (Wildman–Crippen LogP) is 0.629. The minimum atomic E-state index is -0.206. The van der Waals surface area contributed by atoms with Crippen LogP contribution in [0, 0.1) is 4.77 Å². The molecular weight excluding hydrogens is 200 g/mol. The highest BCUT2D eigenvalue weighted by molar-refractivity contribution is 7.71. The average molecular weight is 208 g/mol. The van der Waals surface area contributed by atoms with Crippen molar-refractivity contribution in [3.05, 3.63) is 39.7 Å². The summed E-state index contributed by atoms with van der Waals surface area (Å²) in [7, 11) is 1.82. The molecule has 1 N–H and O–H groups in total. The lowest BCUT2D eigenvalue weighted by Crippen LogP contribution is -2.10. The van der Waals surface area contributed by atoms with E-state index in [1.807, 2.05) is 19.3 Å². The van der Waals surface area contributed by atoms with Crippen LogP contribution in [0.5, 0.6) is 0 Å². The molecule has 0 unspecified atom stereocenters. The van der Waals surface area contributed by atoms with E-state index in [4.69, 9.17) is 12.2 Å². The highest BCUT2D eigenvalue weighted by Crippen LogP contribution is 2.01. The highest BCUT2D eigenvalue weighted by Gasteiger charge is 1.99. The van der Waals surface area contributed by atoms with Gasteiger partial charge in [0.15, 0.2) is 10.6 Å². The van der Waals surface area contributed by atoms with Crippen LogP contribution in [0.25, 0.3) is 5.82 Å². The van der Waals surface area contributed by atoms with E-state index < -0.39 is 0 Å². The number of nitrogens with zero attached hydrogens (tertiary/aromatic N) is 3. The molecule has 0 aliphatic carbocycles. The Morgan fingerprint density at radius 2 is 2.21 bits per heavy atom. The first kappa shape index (κ1) is 8.89. The van der Waals surface area contributed by atoms with Crippen molar-refractivity contribution in [2.45, 2.75) is 0 Å². The lowest BCUT2D eigenvalue weighted by Gasteiger charge is -2.00. The van der Waals surface area contributed by atoms with Crippen LogP contribution >= 0.6 is 12.2 Å². The second-order valence-corrected chi connectivity index (χ2v) is 3.21. The van der Waals surface area contributed by atoms with E-state index in [2.05, 4.69) is 10.1 Å². The molecule has 0 bridgehead atoms. The molecule has 0 amide bonds. The third kappa shape index (κ3) is 1.51. The van der Waals surface area contributed by atoms with Crippen LogP contribution in [-0.2, 0) is 7.05 Å². The van der Waals surface area contributed by atoms with E-state index >= 15 is 0 Å². The van der Waals surface area contributed by atoms with Gasteiger partial charge < -0.3 is 0 Å². The largest absolute Gasteiger partial charge is 0.299 e. The smallest absolute Gasteiger partial charge is 0.251 e. The van der Waals surface area contributed by atoms with Crippen molar-refractivity contribution in [2.24, 2.45) is 7.05 Å². The van der Waals surface area contributed by atoms with Crippen LogP contribution in [0.15, 0.2) is 29.3 Å². The van der Waals surface area contributed by atoms with Crippen LogP contribution in [-0.4, -0.2) is 19.3 Å². The number of rotatable bonds is 1. The fourth-order valence-corrected chi connectivity index (χ4v) is 1.38. The van der Waals surface area contributed by atoms with Gasteiger partial charge >= 0.3 is 0 Å². The van der Waals surface area contributed by atoms with E-state index in [0.717, 1.165) is 0 Å². The SMILES string of the molecule is Cn1ccc(-n2ccc(=O)[nH]c2=S)n1. The lowest BCUT2D eigenvalue weighted by molar-refractivity contribution is 0.744. The maximum Gasteiger partial charge on any atom is 0.251 e. The van der Waals surface area contributed by atoms with Gasteiger partial charge in [-0.05, 0) is 12.2 Å². The number of aromatic nitrogens is 4. The van der Waals surface area contributed by atoms with Crippen molar-refractivity contribution in [3.8, 4) is 5.82 Å². The fourth-order valence-electron chi connectivity index (χ4n) is 1.13. The van der Waals surface area contributed by atoms with Crippen molar-refractivity contribution < 1.29 is 0 Å². The molecule has 0 saturated carbocycles. The molecule has 2 aromatic rings. The molecule has 14 heavy (non-hydrogen) atoms.